The molecule has 0 aliphatic heterocycles. The van der Waals surface area contributed by atoms with Crippen molar-refractivity contribution in [2.24, 2.45) is 5.92 Å². The van der Waals surface area contributed by atoms with Crippen molar-refractivity contribution in [3.63, 3.8) is 0 Å². The van der Waals surface area contributed by atoms with E-state index in [0.717, 1.165) is 30.1 Å². The zero-order valence-corrected chi connectivity index (χ0v) is 18.7. The minimum atomic E-state index is -0.254. The molecule has 0 bridgehead atoms. The van der Waals surface area contributed by atoms with Gasteiger partial charge in [-0.2, -0.15) is 0 Å². The molecule has 2 rings (SSSR count). The van der Waals surface area contributed by atoms with Crippen molar-refractivity contribution < 1.29 is 9.53 Å². The Kier molecular flexibility index (Phi) is 8.46. The van der Waals surface area contributed by atoms with Crippen LogP contribution >= 0.6 is 12.2 Å². The summed E-state index contributed by atoms with van der Waals surface area (Å²) in [5.74, 6) is 0.946. The molecule has 5 nitrogen and oxygen atoms in total. The molecule has 6 heteroatoms. The number of benzene rings is 2. The number of aryl methyl sites for hydroxylation is 1. The first-order valence-electron chi connectivity index (χ1n) is 10.0. The number of hydrogen-bond acceptors (Lipinski definition) is 4. The fourth-order valence-corrected chi connectivity index (χ4v) is 3.07. The molecule has 0 fully saturated rings. The standard InChI is InChI=1S/C23H31N3O2S/c1-6-26(7-2)19-10-13-21(17(5)14-19)24-23(29)25-22(27)18-8-11-20(12-9-18)28-15-16(3)4/h8-14,16H,6-7,15H2,1-5H3,(H2,24,25,27,29). The number of ether oxygens (including phenoxy) is 1. The van der Waals surface area contributed by atoms with E-state index >= 15 is 0 Å². The first-order valence-corrected chi connectivity index (χ1v) is 10.5. The molecular formula is C23H31N3O2S. The molecule has 0 aromatic heterocycles. The Balaban J connectivity index is 1.95. The predicted octanol–water partition coefficient (Wildman–Crippen LogP) is 5.00. The van der Waals surface area contributed by atoms with Gasteiger partial charge < -0.3 is 15.0 Å². The van der Waals surface area contributed by atoms with Gasteiger partial charge in [-0.25, -0.2) is 0 Å². The summed E-state index contributed by atoms with van der Waals surface area (Å²) in [6.07, 6.45) is 0. The van der Waals surface area contributed by atoms with Crippen LogP contribution < -0.4 is 20.3 Å². The monoisotopic (exact) mass is 413 g/mol. The van der Waals surface area contributed by atoms with Gasteiger partial charge in [0.1, 0.15) is 5.75 Å². The molecule has 1 amide bonds. The maximum absolute atomic E-state index is 12.4. The third kappa shape index (κ3) is 6.75. The Labute approximate surface area is 179 Å². The lowest BCUT2D eigenvalue weighted by molar-refractivity contribution is 0.0977. The Hall–Kier alpha value is -2.60. The maximum atomic E-state index is 12.4. The van der Waals surface area contributed by atoms with E-state index in [0.29, 0.717) is 18.1 Å². The SMILES string of the molecule is CCN(CC)c1ccc(NC(=S)NC(=O)c2ccc(OCC(C)C)cc2)c(C)c1. The molecule has 2 aromatic rings. The van der Waals surface area contributed by atoms with Crippen molar-refractivity contribution in [1.82, 2.24) is 5.32 Å². The lowest BCUT2D eigenvalue weighted by Gasteiger charge is -2.22. The molecule has 0 aliphatic carbocycles. The summed E-state index contributed by atoms with van der Waals surface area (Å²) in [5.41, 5.74) is 3.65. The van der Waals surface area contributed by atoms with Crippen LogP contribution in [0, 0.1) is 12.8 Å². The summed E-state index contributed by atoms with van der Waals surface area (Å²) in [6, 6.07) is 13.2. The summed E-state index contributed by atoms with van der Waals surface area (Å²) >= 11 is 5.32. The Bertz CT molecular complexity index is 831. The summed E-state index contributed by atoms with van der Waals surface area (Å²) in [5, 5.41) is 6.12. The van der Waals surface area contributed by atoms with E-state index < -0.39 is 0 Å². The van der Waals surface area contributed by atoms with Crippen molar-refractivity contribution in [3.8, 4) is 5.75 Å². The second-order valence-electron chi connectivity index (χ2n) is 7.31. The van der Waals surface area contributed by atoms with Crippen LogP contribution in [0.25, 0.3) is 0 Å². The minimum Gasteiger partial charge on any atom is -0.493 e. The van der Waals surface area contributed by atoms with E-state index in [9.17, 15) is 4.79 Å². The summed E-state index contributed by atoms with van der Waals surface area (Å²) in [6.45, 7) is 13.0. The van der Waals surface area contributed by atoms with Crippen LogP contribution in [0.4, 0.5) is 11.4 Å². The van der Waals surface area contributed by atoms with Gasteiger partial charge in [0, 0.05) is 30.0 Å². The number of nitrogens with zero attached hydrogens (tertiary/aromatic N) is 1. The van der Waals surface area contributed by atoms with Crippen LogP contribution in [0.15, 0.2) is 42.5 Å². The maximum Gasteiger partial charge on any atom is 0.257 e. The number of thiocarbonyl (C=S) groups is 1. The topological polar surface area (TPSA) is 53.6 Å². The normalized spacial score (nSPS) is 10.6. The van der Waals surface area contributed by atoms with E-state index in [1.807, 2.05) is 13.0 Å². The van der Waals surface area contributed by atoms with Crippen LogP contribution in [-0.4, -0.2) is 30.7 Å². The van der Waals surface area contributed by atoms with Gasteiger partial charge in [0.15, 0.2) is 5.11 Å². The summed E-state index contributed by atoms with van der Waals surface area (Å²) in [7, 11) is 0. The van der Waals surface area contributed by atoms with Gasteiger partial charge in [0.25, 0.3) is 5.91 Å². The molecular weight excluding hydrogens is 382 g/mol. The third-order valence-electron chi connectivity index (χ3n) is 4.51. The van der Waals surface area contributed by atoms with E-state index in [2.05, 4.69) is 55.4 Å². The lowest BCUT2D eigenvalue weighted by atomic mass is 10.1. The van der Waals surface area contributed by atoms with E-state index in [4.69, 9.17) is 17.0 Å². The second kappa shape index (κ2) is 10.8. The average Bonchev–Trinajstić information content (AvgIpc) is 2.69. The van der Waals surface area contributed by atoms with Crippen molar-refractivity contribution in [3.05, 3.63) is 53.6 Å². The quantitative estimate of drug-likeness (QED) is 0.596. The molecule has 2 N–H and O–H groups in total. The van der Waals surface area contributed by atoms with Crippen molar-refractivity contribution in [1.29, 1.82) is 0 Å². The molecule has 0 heterocycles. The van der Waals surface area contributed by atoms with Crippen LogP contribution in [0.1, 0.15) is 43.6 Å². The van der Waals surface area contributed by atoms with Gasteiger partial charge in [-0.15, -0.1) is 0 Å². The van der Waals surface area contributed by atoms with E-state index in [1.165, 1.54) is 5.69 Å². The van der Waals surface area contributed by atoms with Crippen LogP contribution in [0.2, 0.25) is 0 Å². The molecule has 0 saturated heterocycles. The second-order valence-corrected chi connectivity index (χ2v) is 7.72. The van der Waals surface area contributed by atoms with Gasteiger partial charge in [0.2, 0.25) is 0 Å². The molecule has 0 aliphatic rings. The third-order valence-corrected chi connectivity index (χ3v) is 4.72. The van der Waals surface area contributed by atoms with Crippen molar-refractivity contribution in [2.75, 3.05) is 29.9 Å². The first kappa shape index (κ1) is 22.7. The molecule has 0 atom stereocenters. The first-order chi connectivity index (χ1) is 13.8. The van der Waals surface area contributed by atoms with E-state index in [-0.39, 0.29) is 11.0 Å². The zero-order valence-electron chi connectivity index (χ0n) is 17.9. The summed E-state index contributed by atoms with van der Waals surface area (Å²) in [4.78, 5) is 14.7. The van der Waals surface area contributed by atoms with E-state index in [1.54, 1.807) is 24.3 Å². The number of carbonyl (C=O) groups is 1. The van der Waals surface area contributed by atoms with Crippen molar-refractivity contribution >= 4 is 34.6 Å². The largest absolute Gasteiger partial charge is 0.493 e. The molecule has 156 valence electrons. The highest BCUT2D eigenvalue weighted by Crippen LogP contribution is 2.22. The molecule has 0 spiro atoms. The molecule has 0 saturated carbocycles. The highest BCUT2D eigenvalue weighted by atomic mass is 32.1. The van der Waals surface area contributed by atoms with Crippen LogP contribution in [0.3, 0.4) is 0 Å². The number of nitrogens with one attached hydrogen (secondary N) is 2. The summed E-state index contributed by atoms with van der Waals surface area (Å²) < 4.78 is 5.64. The Morgan fingerprint density at radius 3 is 2.31 bits per heavy atom. The number of hydrogen-bond donors (Lipinski definition) is 2. The number of anilines is 2. The molecule has 0 radical (unpaired) electrons. The fourth-order valence-electron chi connectivity index (χ4n) is 2.87. The predicted molar refractivity (Wildman–Crippen MR) is 125 cm³/mol. The molecule has 0 unspecified atom stereocenters. The van der Waals surface area contributed by atoms with Crippen LogP contribution in [0.5, 0.6) is 5.75 Å². The number of rotatable bonds is 8. The van der Waals surface area contributed by atoms with Gasteiger partial charge in [-0.05, 0) is 86.9 Å². The highest BCUT2D eigenvalue weighted by molar-refractivity contribution is 7.80. The van der Waals surface area contributed by atoms with Crippen LogP contribution in [-0.2, 0) is 0 Å². The zero-order chi connectivity index (χ0) is 21.4. The lowest BCUT2D eigenvalue weighted by Crippen LogP contribution is -2.34. The number of carbonyl (C=O) groups excluding carboxylic acids is 1. The van der Waals surface area contributed by atoms with Crippen molar-refractivity contribution in [2.45, 2.75) is 34.6 Å². The number of amides is 1. The van der Waals surface area contributed by atoms with Gasteiger partial charge in [-0.3, -0.25) is 10.1 Å². The van der Waals surface area contributed by atoms with Gasteiger partial charge >= 0.3 is 0 Å². The Morgan fingerprint density at radius 1 is 1.10 bits per heavy atom. The Morgan fingerprint density at radius 2 is 1.76 bits per heavy atom. The smallest absolute Gasteiger partial charge is 0.257 e. The average molecular weight is 414 g/mol. The van der Waals surface area contributed by atoms with Gasteiger partial charge in [-0.1, -0.05) is 13.8 Å². The molecule has 29 heavy (non-hydrogen) atoms. The molecule has 2 aromatic carbocycles. The fraction of sp³-hybridized carbons (Fsp3) is 0.391. The highest BCUT2D eigenvalue weighted by Gasteiger charge is 2.10. The van der Waals surface area contributed by atoms with Gasteiger partial charge in [0.05, 0.1) is 6.61 Å². The minimum absolute atomic E-state index is 0.254.